The van der Waals surface area contributed by atoms with Gasteiger partial charge in [-0.05, 0) is 166 Å². The Labute approximate surface area is 493 Å². The summed E-state index contributed by atoms with van der Waals surface area (Å²) >= 11 is 6.11. The van der Waals surface area contributed by atoms with Crippen LogP contribution in [0.15, 0.2) is 84.9 Å². The topological polar surface area (TPSA) is 306 Å². The number of rotatable bonds is 18. The molecule has 0 radical (unpaired) electrons. The zero-order valence-electron chi connectivity index (χ0n) is 49.4. The molecule has 5 atom stereocenters. The first-order valence-corrected chi connectivity index (χ1v) is 27.8. The monoisotopic (exact) mass is 1180 g/mol. The van der Waals surface area contributed by atoms with Crippen molar-refractivity contribution >= 4 is 71.2 Å². The van der Waals surface area contributed by atoms with Gasteiger partial charge in [0.2, 0.25) is 29.5 Å². The average molecular weight is 1180 g/mol. The van der Waals surface area contributed by atoms with Crippen LogP contribution in [-0.4, -0.2) is 119 Å². The predicted octanol–water partition coefficient (Wildman–Crippen LogP) is 8.18. The normalized spacial score (nSPS) is 16.1. The van der Waals surface area contributed by atoms with Crippen LogP contribution >= 0.6 is 11.6 Å². The Morgan fingerprint density at radius 3 is 1.80 bits per heavy atom. The summed E-state index contributed by atoms with van der Waals surface area (Å²) in [5, 5.41) is 14.0. The molecule has 452 valence electrons. The number of nitrogens with zero attached hydrogens (tertiary/aromatic N) is 1. The second-order valence-electron chi connectivity index (χ2n) is 23.3. The first-order chi connectivity index (χ1) is 39.2. The molecule has 1 aliphatic heterocycles. The third-order valence-electron chi connectivity index (χ3n) is 12.6. The fourth-order valence-electron chi connectivity index (χ4n) is 8.56. The quantitative estimate of drug-likeness (QED) is 0.0237. The Balaban J connectivity index is 1.66. The summed E-state index contributed by atoms with van der Waals surface area (Å²) in [6.07, 6.45) is -3.18. The minimum Gasteiger partial charge on any atom is -0.444 e. The molecule has 22 nitrogen and oxygen atoms in total. The minimum absolute atomic E-state index is 0.00813. The molecule has 0 unspecified atom stereocenters. The van der Waals surface area contributed by atoms with Crippen molar-refractivity contribution in [2.75, 3.05) is 13.6 Å². The van der Waals surface area contributed by atoms with Crippen LogP contribution in [0.1, 0.15) is 136 Å². The number of likely N-dealkylation sites (N-methyl/N-ethyl adjacent to an activating group) is 1. The summed E-state index contributed by atoms with van der Waals surface area (Å²) in [5.74, 6) is -5.66. The van der Waals surface area contributed by atoms with E-state index in [-0.39, 0.29) is 72.4 Å². The van der Waals surface area contributed by atoms with Crippen LogP contribution in [0, 0.1) is 0 Å². The molecule has 7 N–H and O–H groups in total. The molecule has 0 aliphatic carbocycles. The second kappa shape index (κ2) is 28.6. The van der Waals surface area contributed by atoms with Gasteiger partial charge in [-0.2, -0.15) is 0 Å². The maximum absolute atomic E-state index is 15.3. The van der Waals surface area contributed by atoms with Gasteiger partial charge in [0, 0.05) is 54.6 Å². The summed E-state index contributed by atoms with van der Waals surface area (Å²) in [6.45, 7) is 17.8. The largest absolute Gasteiger partial charge is 0.514 e. The van der Waals surface area contributed by atoms with Gasteiger partial charge < -0.3 is 60.9 Å². The van der Waals surface area contributed by atoms with Crippen molar-refractivity contribution in [3.05, 3.63) is 107 Å². The fraction of sp³-hybridized carbons (Fsp3) is 0.443. The third-order valence-corrected chi connectivity index (χ3v) is 12.9. The molecular formula is C61H76ClN7O15. The maximum atomic E-state index is 15.3. The molecule has 4 bridgehead atoms. The van der Waals surface area contributed by atoms with Gasteiger partial charge in [0.25, 0.3) is 5.91 Å². The summed E-state index contributed by atoms with van der Waals surface area (Å²) in [6, 6.07) is 15.3. The number of nitrogens with two attached hydrogens (primary N) is 1. The molecule has 1 heterocycles. The maximum Gasteiger partial charge on any atom is 0.514 e. The molecule has 4 aromatic carbocycles. The van der Waals surface area contributed by atoms with Crippen molar-refractivity contribution in [1.82, 2.24) is 31.5 Å². The highest BCUT2D eigenvalue weighted by atomic mass is 35.5. The van der Waals surface area contributed by atoms with Gasteiger partial charge in [-0.25, -0.2) is 14.4 Å². The number of benzene rings is 4. The van der Waals surface area contributed by atoms with E-state index in [0.717, 1.165) is 16.0 Å². The van der Waals surface area contributed by atoms with Crippen LogP contribution in [0.2, 0.25) is 5.02 Å². The SMILES string of the molecule is C[C@H](NC(=O)[C@@H]1Cc2ccc(OC(=O)OC(C)(C)C)c(c2)-c2cc(ccc2OC(=O)OC(C)(C)C)[C@H](N(C)C(=O)[C@H](CCCCNC(=O)OC(C)(C)C)NC(=O)c2ccc(-c3ccc(Cl)cc3)cc2)C(=O)N[C@@H](C)C(=O)N1)C(=O)CCC(N)=O. The molecular weight excluding hydrogens is 1110 g/mol. The van der Waals surface area contributed by atoms with E-state index in [0.29, 0.717) is 17.0 Å². The number of alkyl carbamates (subject to hydrolysis) is 1. The molecule has 5 rings (SSSR count). The van der Waals surface area contributed by atoms with Gasteiger partial charge in [-0.3, -0.25) is 33.6 Å². The van der Waals surface area contributed by atoms with Crippen molar-refractivity contribution in [1.29, 1.82) is 0 Å². The smallest absolute Gasteiger partial charge is 0.444 e. The van der Waals surface area contributed by atoms with Gasteiger partial charge in [0.05, 0.1) is 6.04 Å². The van der Waals surface area contributed by atoms with Crippen LogP contribution in [0.3, 0.4) is 0 Å². The summed E-state index contributed by atoms with van der Waals surface area (Å²) in [5.41, 5.74) is 4.64. The number of carbonyl (C=O) groups excluding carboxylic acids is 10. The van der Waals surface area contributed by atoms with E-state index in [1.54, 1.807) is 98.7 Å². The Morgan fingerprint density at radius 1 is 0.690 bits per heavy atom. The van der Waals surface area contributed by atoms with Gasteiger partial charge in [0.15, 0.2) is 5.78 Å². The number of fused-ring (bicyclic) bond motifs is 5. The number of ketones is 1. The van der Waals surface area contributed by atoms with Crippen molar-refractivity contribution in [2.24, 2.45) is 5.73 Å². The van der Waals surface area contributed by atoms with Crippen LogP contribution in [0.5, 0.6) is 11.5 Å². The van der Waals surface area contributed by atoms with E-state index < -0.39 is 107 Å². The highest BCUT2D eigenvalue weighted by molar-refractivity contribution is 6.30. The number of amides is 7. The number of hydrogen-bond donors (Lipinski definition) is 6. The molecule has 0 saturated carbocycles. The lowest BCUT2D eigenvalue weighted by molar-refractivity contribution is -0.141. The predicted molar refractivity (Wildman–Crippen MR) is 312 cm³/mol. The number of carbonyl (C=O) groups is 10. The average Bonchev–Trinajstić information content (AvgIpc) is 3.57. The zero-order chi connectivity index (χ0) is 62.4. The summed E-state index contributed by atoms with van der Waals surface area (Å²) < 4.78 is 28.1. The minimum atomic E-state index is -1.67. The zero-order valence-corrected chi connectivity index (χ0v) is 50.2. The number of Topliss-reactive ketones (excluding diaryl/α,β-unsaturated/α-hetero) is 1. The van der Waals surface area contributed by atoms with Gasteiger partial charge in [-0.1, -0.05) is 48.0 Å². The number of unbranched alkanes of at least 4 members (excludes halogenated alkanes) is 1. The van der Waals surface area contributed by atoms with Crippen LogP contribution in [0.25, 0.3) is 22.3 Å². The first-order valence-electron chi connectivity index (χ1n) is 27.4. The lowest BCUT2D eigenvalue weighted by Crippen LogP contribution is -2.56. The number of halogens is 1. The first kappa shape index (κ1) is 66.3. The number of nitrogens with one attached hydrogen (secondary N) is 5. The van der Waals surface area contributed by atoms with Crippen LogP contribution in [-0.2, 0) is 49.4 Å². The van der Waals surface area contributed by atoms with E-state index >= 15 is 9.59 Å². The molecule has 1 aliphatic rings. The summed E-state index contributed by atoms with van der Waals surface area (Å²) in [7, 11) is 1.32. The van der Waals surface area contributed by atoms with Crippen molar-refractivity contribution in [3.8, 4) is 33.8 Å². The Kier molecular flexibility index (Phi) is 22.6. The lowest BCUT2D eigenvalue weighted by Gasteiger charge is -2.33. The molecule has 0 saturated heterocycles. The Hall–Kier alpha value is -8.53. The van der Waals surface area contributed by atoms with Crippen molar-refractivity contribution in [3.63, 3.8) is 0 Å². The molecule has 0 spiro atoms. The van der Waals surface area contributed by atoms with Crippen molar-refractivity contribution < 1.29 is 71.6 Å². The van der Waals surface area contributed by atoms with E-state index in [1.807, 2.05) is 12.1 Å². The molecule has 7 amide bonds. The molecule has 4 aromatic rings. The molecule has 84 heavy (non-hydrogen) atoms. The van der Waals surface area contributed by atoms with E-state index in [2.05, 4.69) is 26.6 Å². The van der Waals surface area contributed by atoms with E-state index in [9.17, 15) is 38.4 Å². The Morgan fingerprint density at radius 2 is 1.24 bits per heavy atom. The highest BCUT2D eigenvalue weighted by Gasteiger charge is 2.37. The molecule has 23 heteroatoms. The number of primary amides is 1. The standard InChI is InChI=1S/C61H76ClN7O15/c1-34(46(70)26-29-49(63)71)65-53(74)45-32-36-16-27-47(80-57(78)83-60(6,7)8)42(31-36)43-33-40(23-28-48(43)81-58(79)84-61(9,10)11)50(54(75)66-35(2)51(72)68-45)69(12)55(76)44(15-13-14-30-64-56(77)82-59(3,4)5)67-52(73)39-19-17-37(18-20-39)38-21-24-41(62)25-22-38/h16-25,27-28,31,33-35,44-45,50H,13-15,26,29-30,32H2,1-12H3,(H2,63,71)(H,64,77)(H,65,74)(H,66,75)(H,67,73)(H,68,72)/t34-,35-,44-,45-,50-/m0/s1. The Bertz CT molecular complexity index is 3090. The van der Waals surface area contributed by atoms with E-state index in [1.165, 1.54) is 57.3 Å². The third kappa shape index (κ3) is 20.4. The van der Waals surface area contributed by atoms with Gasteiger partial charge in [0.1, 0.15) is 52.5 Å². The number of ether oxygens (including phenoxy) is 5. The lowest BCUT2D eigenvalue weighted by atomic mass is 9.93. The fourth-order valence-corrected chi connectivity index (χ4v) is 8.68. The van der Waals surface area contributed by atoms with Crippen LogP contribution < -0.4 is 41.8 Å². The molecule has 0 aromatic heterocycles. The van der Waals surface area contributed by atoms with Crippen molar-refractivity contribution in [2.45, 2.75) is 162 Å². The summed E-state index contributed by atoms with van der Waals surface area (Å²) in [4.78, 5) is 138. The van der Waals surface area contributed by atoms with Gasteiger partial charge >= 0.3 is 18.4 Å². The molecule has 0 fully saturated rings. The van der Waals surface area contributed by atoms with Gasteiger partial charge in [-0.15, -0.1) is 0 Å². The second-order valence-corrected chi connectivity index (χ2v) is 23.7. The number of hydrogen-bond acceptors (Lipinski definition) is 15. The van der Waals surface area contributed by atoms with E-state index in [4.69, 9.17) is 41.0 Å². The highest BCUT2D eigenvalue weighted by Crippen LogP contribution is 2.41. The van der Waals surface area contributed by atoms with Crippen LogP contribution in [0.4, 0.5) is 14.4 Å².